The SMILES string of the molecule is CC(C)c1ccc(-c2cccc3[cH-]ccc23)cc1.CC(C)c1ccc(-c2cccc3[cH-]ccc23)cc1.C[C](C)=[Hf]([Cl])[Cl]. The Morgan fingerprint density at radius 2 is 0.905 bits per heavy atom. The van der Waals surface area contributed by atoms with E-state index in [-0.39, 0.29) is 0 Å². The predicted octanol–water partition coefficient (Wildman–Crippen LogP) is 12.8. The van der Waals surface area contributed by atoms with Gasteiger partial charge in [-0.25, -0.2) is 0 Å². The van der Waals surface area contributed by atoms with Crippen molar-refractivity contribution in [1.29, 1.82) is 0 Å². The second-order valence-corrected chi connectivity index (χ2v) is 24.7. The Kier molecular flexibility index (Phi) is 11.7. The normalized spacial score (nSPS) is 10.8. The van der Waals surface area contributed by atoms with Crippen molar-refractivity contribution < 1.29 is 18.6 Å². The van der Waals surface area contributed by atoms with Crippen LogP contribution in [0.25, 0.3) is 43.8 Å². The summed E-state index contributed by atoms with van der Waals surface area (Å²) in [6, 6.07) is 43.9. The van der Waals surface area contributed by atoms with Crippen molar-refractivity contribution >= 4 is 42.0 Å². The van der Waals surface area contributed by atoms with E-state index < -0.39 is 18.6 Å². The van der Waals surface area contributed by atoms with Gasteiger partial charge in [0.1, 0.15) is 0 Å². The van der Waals surface area contributed by atoms with E-state index in [1.165, 1.54) is 58.2 Å². The molecule has 0 heterocycles. The first-order chi connectivity index (χ1) is 20.2. The molecule has 0 saturated carbocycles. The zero-order chi connectivity index (χ0) is 30.2. The molecule has 6 rings (SSSR count). The molecule has 216 valence electrons. The molecular weight excluding hydrogens is 718 g/mol. The molecule has 0 aromatic heterocycles. The first-order valence-electron chi connectivity index (χ1n) is 14.6. The van der Waals surface area contributed by atoms with E-state index >= 15 is 0 Å². The first kappa shape index (κ1) is 32.3. The van der Waals surface area contributed by atoms with Gasteiger partial charge in [-0.05, 0) is 34.1 Å². The molecule has 0 unspecified atom stereocenters. The molecule has 0 amide bonds. The molecule has 0 N–H and O–H groups in total. The Hall–Kier alpha value is -2.58. The second-order valence-electron chi connectivity index (χ2n) is 11.5. The van der Waals surface area contributed by atoms with Gasteiger partial charge in [0, 0.05) is 0 Å². The number of benzene rings is 4. The second kappa shape index (κ2) is 15.2. The van der Waals surface area contributed by atoms with Crippen molar-refractivity contribution in [2.75, 3.05) is 0 Å². The van der Waals surface area contributed by atoms with Crippen LogP contribution in [0.4, 0.5) is 0 Å². The maximum absolute atomic E-state index is 5.55. The average Bonchev–Trinajstić information content (AvgIpc) is 3.68. The topological polar surface area (TPSA) is 0 Å². The quantitative estimate of drug-likeness (QED) is 0.124. The molecule has 0 saturated heterocycles. The summed E-state index contributed by atoms with van der Waals surface area (Å²) in [6.07, 6.45) is 0. The van der Waals surface area contributed by atoms with Crippen molar-refractivity contribution in [2.45, 2.75) is 53.4 Å². The molecule has 0 nitrogen and oxygen atoms in total. The summed E-state index contributed by atoms with van der Waals surface area (Å²) in [6.45, 7) is 12.9. The number of halogens is 2. The minimum atomic E-state index is -1.97. The third-order valence-corrected chi connectivity index (χ3v) is 16.4. The first-order valence-corrected chi connectivity index (χ1v) is 25.3. The monoisotopic (exact) mass is 758 g/mol. The molecule has 0 aliphatic rings. The van der Waals surface area contributed by atoms with Gasteiger partial charge in [-0.2, -0.15) is 24.3 Å². The van der Waals surface area contributed by atoms with Gasteiger partial charge in [-0.3, -0.25) is 0 Å². The molecule has 0 fully saturated rings. The van der Waals surface area contributed by atoms with Gasteiger partial charge < -0.3 is 0 Å². The average molecular weight is 758 g/mol. The molecule has 42 heavy (non-hydrogen) atoms. The van der Waals surface area contributed by atoms with Crippen molar-refractivity contribution in [2.24, 2.45) is 0 Å². The molecule has 3 heteroatoms. The fraction of sp³-hybridized carbons (Fsp3) is 0.205. The van der Waals surface area contributed by atoms with Crippen LogP contribution in [0.1, 0.15) is 64.5 Å². The van der Waals surface area contributed by atoms with E-state index in [1.54, 1.807) is 0 Å². The van der Waals surface area contributed by atoms with E-state index in [0.717, 1.165) is 0 Å². The van der Waals surface area contributed by atoms with Gasteiger partial charge in [0.15, 0.2) is 0 Å². The summed E-state index contributed by atoms with van der Waals surface area (Å²) >= 11 is -1.97. The van der Waals surface area contributed by atoms with E-state index in [2.05, 4.69) is 149 Å². The predicted molar refractivity (Wildman–Crippen MR) is 186 cm³/mol. The number of hydrogen-bond acceptors (Lipinski definition) is 0. The molecule has 0 bridgehead atoms. The minimum absolute atomic E-state index is 0.591. The van der Waals surface area contributed by atoms with Crippen LogP contribution < -0.4 is 0 Å². The summed E-state index contributed by atoms with van der Waals surface area (Å²) in [5.41, 5.74) is 8.05. The van der Waals surface area contributed by atoms with Gasteiger partial charge in [-0.15, -0.1) is 57.9 Å². The Bertz CT molecular complexity index is 1610. The van der Waals surface area contributed by atoms with Crippen molar-refractivity contribution in [3.8, 4) is 22.3 Å². The van der Waals surface area contributed by atoms with Crippen LogP contribution in [0, 0.1) is 0 Å². The van der Waals surface area contributed by atoms with Crippen molar-refractivity contribution in [1.82, 2.24) is 0 Å². The van der Waals surface area contributed by atoms with Crippen molar-refractivity contribution in [3.63, 3.8) is 0 Å². The van der Waals surface area contributed by atoms with Crippen molar-refractivity contribution in [3.05, 3.63) is 132 Å². The van der Waals surface area contributed by atoms with Crippen LogP contribution in [-0.2, 0) is 18.6 Å². The fourth-order valence-electron chi connectivity index (χ4n) is 4.92. The standard InChI is InChI=1S/2C18H17.C3H6.2ClH.Hf/c2*1-13(2)14-9-11-16(12-10-14)18-8-4-6-15-5-3-7-17(15)18;1-3-2;;;/h2*3-13H,1-2H3;1-2H3;2*1H;/q2*-1;;;;+2/p-2. The van der Waals surface area contributed by atoms with Gasteiger partial charge in [0.05, 0.1) is 0 Å². The third kappa shape index (κ3) is 8.28. The molecular formula is C39H40Cl2Hf-2. The van der Waals surface area contributed by atoms with Crippen LogP contribution in [0.5, 0.6) is 0 Å². The molecule has 0 aliphatic heterocycles. The van der Waals surface area contributed by atoms with Gasteiger partial charge in [0.25, 0.3) is 0 Å². The van der Waals surface area contributed by atoms with E-state index in [4.69, 9.17) is 17.2 Å². The Morgan fingerprint density at radius 3 is 1.21 bits per heavy atom. The maximum atomic E-state index is 5.55. The van der Waals surface area contributed by atoms with Crippen LogP contribution in [0.2, 0.25) is 0 Å². The Labute approximate surface area is 266 Å². The molecule has 6 aromatic carbocycles. The summed E-state index contributed by atoms with van der Waals surface area (Å²) in [5, 5.41) is 5.32. The van der Waals surface area contributed by atoms with Gasteiger partial charge in [0.2, 0.25) is 0 Å². The van der Waals surface area contributed by atoms with E-state index in [9.17, 15) is 0 Å². The van der Waals surface area contributed by atoms with Gasteiger partial charge >= 0.3 is 52.8 Å². The van der Waals surface area contributed by atoms with Crippen LogP contribution in [-0.4, -0.2) is 3.26 Å². The molecule has 6 aromatic rings. The number of hydrogen-bond donors (Lipinski definition) is 0. The van der Waals surface area contributed by atoms with Crippen LogP contribution >= 0.6 is 17.2 Å². The molecule has 0 atom stereocenters. The summed E-state index contributed by atoms with van der Waals surface area (Å²) in [4.78, 5) is 0. The third-order valence-electron chi connectivity index (χ3n) is 7.51. The number of rotatable bonds is 4. The fourth-order valence-corrected chi connectivity index (χ4v) is 4.92. The summed E-state index contributed by atoms with van der Waals surface area (Å²) in [5.74, 6) is 1.18. The Morgan fingerprint density at radius 1 is 0.548 bits per heavy atom. The van der Waals surface area contributed by atoms with Gasteiger partial charge in [-0.1, -0.05) is 99.5 Å². The summed E-state index contributed by atoms with van der Waals surface area (Å²) in [7, 11) is 11.1. The van der Waals surface area contributed by atoms with Crippen LogP contribution in [0.15, 0.2) is 121 Å². The molecule has 0 aliphatic carbocycles. The zero-order valence-corrected chi connectivity index (χ0v) is 30.6. The van der Waals surface area contributed by atoms with Crippen LogP contribution in [0.3, 0.4) is 0 Å². The number of fused-ring (bicyclic) bond motifs is 2. The zero-order valence-electron chi connectivity index (χ0n) is 25.5. The van der Waals surface area contributed by atoms with E-state index in [1.807, 2.05) is 13.8 Å². The Balaban J connectivity index is 0.000000162. The molecule has 0 radical (unpaired) electrons. The van der Waals surface area contributed by atoms with E-state index in [0.29, 0.717) is 11.8 Å². The molecule has 0 spiro atoms. The summed E-state index contributed by atoms with van der Waals surface area (Å²) < 4.78 is 1.25.